The molecule has 0 aliphatic carbocycles. The molecule has 1 aromatic carbocycles. The van der Waals surface area contributed by atoms with E-state index in [1.165, 1.54) is 0 Å². The summed E-state index contributed by atoms with van der Waals surface area (Å²) in [5, 5.41) is 13.0. The van der Waals surface area contributed by atoms with E-state index in [1.54, 1.807) is 31.2 Å². The Bertz CT molecular complexity index is 727. The molecule has 0 saturated heterocycles. The zero-order valence-corrected chi connectivity index (χ0v) is 14.8. The molecular formula is C18H24N4O3. The number of carbonyl (C=O) groups is 2. The summed E-state index contributed by atoms with van der Waals surface area (Å²) in [6.07, 6.45) is 0.650. The molecule has 0 unspecified atom stereocenters. The second-order valence-corrected chi connectivity index (χ2v) is 5.86. The minimum Gasteiger partial charge on any atom is -0.465 e. The molecule has 2 aromatic rings. The van der Waals surface area contributed by atoms with Crippen LogP contribution < -0.4 is 10.6 Å². The molecule has 134 valence electrons. The molecule has 1 amide bonds. The van der Waals surface area contributed by atoms with Crippen LogP contribution in [-0.4, -0.2) is 41.3 Å². The zero-order chi connectivity index (χ0) is 18.2. The topological polar surface area (TPSA) is 96.1 Å². The summed E-state index contributed by atoms with van der Waals surface area (Å²) in [6, 6.07) is 8.92. The summed E-state index contributed by atoms with van der Waals surface area (Å²) in [4.78, 5) is 23.8. The Labute approximate surface area is 147 Å². The number of nitrogens with one attached hydrogen (secondary N) is 3. The maximum absolute atomic E-state index is 12.4. The molecule has 0 radical (unpaired) electrons. The Morgan fingerprint density at radius 1 is 1.32 bits per heavy atom. The highest BCUT2D eigenvalue weighted by atomic mass is 16.5. The number of anilines is 1. The van der Waals surface area contributed by atoms with E-state index in [2.05, 4.69) is 20.8 Å². The molecule has 1 heterocycles. The van der Waals surface area contributed by atoms with Gasteiger partial charge in [-0.2, -0.15) is 5.10 Å². The third-order valence-corrected chi connectivity index (χ3v) is 3.52. The Morgan fingerprint density at radius 3 is 2.80 bits per heavy atom. The SMILES string of the molecule is CCOC(=O)CNc1cccc(C(=O)N[C@@H](C)Cc2cc(C)[nH]n2)c1. The maximum atomic E-state index is 12.4. The number of ether oxygens (including phenoxy) is 1. The van der Waals surface area contributed by atoms with Crippen molar-refractivity contribution >= 4 is 17.6 Å². The van der Waals surface area contributed by atoms with E-state index in [0.717, 1.165) is 11.4 Å². The predicted molar refractivity (Wildman–Crippen MR) is 95.5 cm³/mol. The number of nitrogens with zero attached hydrogens (tertiary/aromatic N) is 1. The van der Waals surface area contributed by atoms with Gasteiger partial charge in [0.05, 0.1) is 12.3 Å². The van der Waals surface area contributed by atoms with E-state index in [4.69, 9.17) is 4.74 Å². The number of aromatic nitrogens is 2. The Balaban J connectivity index is 1.90. The minimum absolute atomic E-state index is 0.0497. The average Bonchev–Trinajstić information content (AvgIpc) is 2.98. The van der Waals surface area contributed by atoms with Crippen molar-refractivity contribution in [2.45, 2.75) is 33.2 Å². The van der Waals surface area contributed by atoms with Crippen LogP contribution in [0.5, 0.6) is 0 Å². The smallest absolute Gasteiger partial charge is 0.325 e. The van der Waals surface area contributed by atoms with Gasteiger partial charge in [-0.05, 0) is 45.0 Å². The number of rotatable bonds is 8. The fourth-order valence-corrected chi connectivity index (χ4v) is 2.41. The van der Waals surface area contributed by atoms with Crippen molar-refractivity contribution < 1.29 is 14.3 Å². The molecule has 1 aromatic heterocycles. The molecule has 0 spiro atoms. The van der Waals surface area contributed by atoms with Gasteiger partial charge in [-0.25, -0.2) is 0 Å². The van der Waals surface area contributed by atoms with Crippen molar-refractivity contribution in [2.24, 2.45) is 0 Å². The molecule has 7 nitrogen and oxygen atoms in total. The first-order valence-corrected chi connectivity index (χ1v) is 8.29. The second kappa shape index (κ2) is 8.86. The maximum Gasteiger partial charge on any atom is 0.325 e. The number of aryl methyl sites for hydroxylation is 1. The van der Waals surface area contributed by atoms with Gasteiger partial charge in [-0.1, -0.05) is 6.07 Å². The normalized spacial score (nSPS) is 11.6. The van der Waals surface area contributed by atoms with Crippen LogP contribution in [-0.2, 0) is 16.0 Å². The standard InChI is InChI=1S/C18H24N4O3/c1-4-25-17(23)11-19-15-7-5-6-14(10-15)18(24)20-12(2)8-16-9-13(3)21-22-16/h5-7,9-10,12,19H,4,8,11H2,1-3H3,(H,20,24)(H,21,22)/t12-/m0/s1. The van der Waals surface area contributed by atoms with E-state index >= 15 is 0 Å². The quantitative estimate of drug-likeness (QED) is 0.637. The molecule has 2 rings (SSSR count). The van der Waals surface area contributed by atoms with Crippen LogP contribution in [0.4, 0.5) is 5.69 Å². The van der Waals surface area contributed by atoms with Gasteiger partial charge in [0.15, 0.2) is 0 Å². The zero-order valence-electron chi connectivity index (χ0n) is 14.8. The van der Waals surface area contributed by atoms with Crippen molar-refractivity contribution in [1.82, 2.24) is 15.5 Å². The van der Waals surface area contributed by atoms with Crippen molar-refractivity contribution in [1.29, 1.82) is 0 Å². The minimum atomic E-state index is -0.333. The van der Waals surface area contributed by atoms with E-state index < -0.39 is 0 Å². The highest BCUT2D eigenvalue weighted by molar-refractivity contribution is 5.95. The van der Waals surface area contributed by atoms with E-state index in [9.17, 15) is 9.59 Å². The first kappa shape index (κ1) is 18.5. The lowest BCUT2D eigenvalue weighted by molar-refractivity contribution is -0.140. The highest BCUT2D eigenvalue weighted by Crippen LogP contribution is 2.11. The van der Waals surface area contributed by atoms with E-state index in [0.29, 0.717) is 24.3 Å². The van der Waals surface area contributed by atoms with Crippen LogP contribution in [0, 0.1) is 6.92 Å². The summed E-state index contributed by atoms with van der Waals surface area (Å²) < 4.78 is 4.86. The molecular weight excluding hydrogens is 320 g/mol. The van der Waals surface area contributed by atoms with Crippen molar-refractivity contribution in [3.63, 3.8) is 0 Å². The van der Waals surface area contributed by atoms with Crippen LogP contribution in [0.1, 0.15) is 35.6 Å². The lowest BCUT2D eigenvalue weighted by Crippen LogP contribution is -2.34. The number of carbonyl (C=O) groups excluding carboxylic acids is 2. The summed E-state index contributed by atoms with van der Waals surface area (Å²) in [7, 11) is 0. The Hall–Kier alpha value is -2.83. The molecule has 1 atom stereocenters. The number of H-pyrrole nitrogens is 1. The summed E-state index contributed by atoms with van der Waals surface area (Å²) in [5.41, 5.74) is 3.12. The average molecular weight is 344 g/mol. The number of hydrogen-bond acceptors (Lipinski definition) is 5. The molecule has 0 aliphatic rings. The van der Waals surface area contributed by atoms with Gasteiger partial charge in [0.25, 0.3) is 5.91 Å². The van der Waals surface area contributed by atoms with Crippen LogP contribution in [0.2, 0.25) is 0 Å². The molecule has 0 aliphatic heterocycles. The van der Waals surface area contributed by atoms with Crippen LogP contribution in [0.15, 0.2) is 30.3 Å². The van der Waals surface area contributed by atoms with Gasteiger partial charge in [0, 0.05) is 29.4 Å². The van der Waals surface area contributed by atoms with Gasteiger partial charge in [-0.3, -0.25) is 14.7 Å². The molecule has 0 fully saturated rings. The number of aromatic amines is 1. The number of hydrogen-bond donors (Lipinski definition) is 3. The molecule has 0 bridgehead atoms. The fraction of sp³-hybridized carbons (Fsp3) is 0.389. The monoisotopic (exact) mass is 344 g/mol. The third kappa shape index (κ3) is 5.95. The first-order chi connectivity index (χ1) is 12.0. The van der Waals surface area contributed by atoms with E-state index in [1.807, 2.05) is 19.9 Å². The first-order valence-electron chi connectivity index (χ1n) is 8.29. The van der Waals surface area contributed by atoms with Gasteiger partial charge < -0.3 is 15.4 Å². The third-order valence-electron chi connectivity index (χ3n) is 3.52. The molecule has 7 heteroatoms. The molecule has 3 N–H and O–H groups in total. The van der Waals surface area contributed by atoms with Gasteiger partial charge in [0.2, 0.25) is 0 Å². The fourth-order valence-electron chi connectivity index (χ4n) is 2.41. The highest BCUT2D eigenvalue weighted by Gasteiger charge is 2.12. The summed E-state index contributed by atoms with van der Waals surface area (Å²) in [6.45, 7) is 6.04. The largest absolute Gasteiger partial charge is 0.465 e. The van der Waals surface area contributed by atoms with Gasteiger partial charge in [-0.15, -0.1) is 0 Å². The lowest BCUT2D eigenvalue weighted by atomic mass is 10.1. The van der Waals surface area contributed by atoms with Crippen molar-refractivity contribution in [2.75, 3.05) is 18.5 Å². The van der Waals surface area contributed by atoms with E-state index in [-0.39, 0.29) is 24.5 Å². The number of amides is 1. The number of esters is 1. The number of benzene rings is 1. The van der Waals surface area contributed by atoms with Crippen LogP contribution >= 0.6 is 0 Å². The van der Waals surface area contributed by atoms with Gasteiger partial charge in [0.1, 0.15) is 6.54 Å². The van der Waals surface area contributed by atoms with Crippen molar-refractivity contribution in [3.8, 4) is 0 Å². The predicted octanol–water partition coefficient (Wildman–Crippen LogP) is 2.05. The lowest BCUT2D eigenvalue weighted by Gasteiger charge is -2.13. The van der Waals surface area contributed by atoms with Crippen molar-refractivity contribution in [3.05, 3.63) is 47.3 Å². The van der Waals surface area contributed by atoms with Crippen LogP contribution in [0.3, 0.4) is 0 Å². The van der Waals surface area contributed by atoms with Crippen LogP contribution in [0.25, 0.3) is 0 Å². The Morgan fingerprint density at radius 2 is 2.12 bits per heavy atom. The summed E-state index contributed by atoms with van der Waals surface area (Å²) >= 11 is 0. The second-order valence-electron chi connectivity index (χ2n) is 5.86. The molecule has 25 heavy (non-hydrogen) atoms. The Kier molecular flexibility index (Phi) is 6.56. The molecule has 0 saturated carbocycles. The summed E-state index contributed by atoms with van der Waals surface area (Å²) in [5.74, 6) is -0.500. The van der Waals surface area contributed by atoms with Gasteiger partial charge >= 0.3 is 5.97 Å².